The molecule has 0 radical (unpaired) electrons. The van der Waals surface area contributed by atoms with Crippen molar-refractivity contribution in [2.75, 3.05) is 19.8 Å². The smallest absolute Gasteiger partial charge is 0.119 e. The third-order valence-corrected chi connectivity index (χ3v) is 4.89. The Hall–Kier alpha value is -2.02. The molecule has 0 aromatic heterocycles. The van der Waals surface area contributed by atoms with Gasteiger partial charge in [-0.3, -0.25) is 0 Å². The molecular weight excluding hydrogens is 367 g/mol. The van der Waals surface area contributed by atoms with Crippen LogP contribution < -0.4 is 4.74 Å². The highest BCUT2D eigenvalue weighted by Crippen LogP contribution is 2.34. The Morgan fingerprint density at radius 2 is 1.79 bits per heavy atom. The average Bonchev–Trinajstić information content (AvgIpc) is 2.73. The molecule has 0 aliphatic carbocycles. The molecule has 0 saturated heterocycles. The van der Waals surface area contributed by atoms with Gasteiger partial charge in [0.05, 0.1) is 18.5 Å². The van der Waals surface area contributed by atoms with Crippen molar-refractivity contribution >= 4 is 7.85 Å². The molecule has 0 fully saturated rings. The Morgan fingerprint density at radius 1 is 1.14 bits per heavy atom. The molecule has 1 rings (SSSR count). The van der Waals surface area contributed by atoms with Gasteiger partial charge in [0, 0.05) is 5.41 Å². The number of benzene rings is 1. The molecule has 160 valence electrons. The van der Waals surface area contributed by atoms with E-state index in [0.717, 1.165) is 23.3 Å². The normalized spacial score (nSPS) is 15.0. The molecule has 0 heterocycles. The third kappa shape index (κ3) is 8.48. The molecule has 0 bridgehead atoms. The Morgan fingerprint density at radius 3 is 2.34 bits per heavy atom. The van der Waals surface area contributed by atoms with Gasteiger partial charge in [0.15, 0.2) is 0 Å². The molecule has 29 heavy (non-hydrogen) atoms. The molecule has 0 aliphatic heterocycles. The number of aliphatic hydroxyl groups excluding tert-OH is 3. The first kappa shape index (κ1) is 25.0. The maximum absolute atomic E-state index is 9.64. The zero-order valence-corrected chi connectivity index (χ0v) is 18.1. The maximum atomic E-state index is 9.64. The second-order valence-corrected chi connectivity index (χ2v) is 7.63. The number of ether oxygens (including phenoxy) is 2. The van der Waals surface area contributed by atoms with E-state index in [1.54, 1.807) is 0 Å². The summed E-state index contributed by atoms with van der Waals surface area (Å²) in [5.41, 5.74) is 2.06. The standard InChI is InChI=1S/C23H35BO5/c1-5-6-18(8-7-17(2)28-16-21(27)14-25)23(3,4)19-9-11-22(12-10-19)29-15-20(26)13-24/h5,7-12,20-21,25-27H,1,6,13-16,24H2,2-4H3/b17-7+,18-8+. The Bertz CT molecular complexity index is 679. The third-order valence-electron chi connectivity index (χ3n) is 4.89. The molecule has 1 aromatic rings. The topological polar surface area (TPSA) is 79.2 Å². The minimum absolute atomic E-state index is 0.0566. The largest absolute Gasteiger partial charge is 0.495 e. The molecule has 0 spiro atoms. The predicted octanol–water partition coefficient (Wildman–Crippen LogP) is 2.53. The molecule has 1 aromatic carbocycles. The summed E-state index contributed by atoms with van der Waals surface area (Å²) < 4.78 is 11.1. The molecule has 3 N–H and O–H groups in total. The lowest BCUT2D eigenvalue weighted by atomic mass is 9.76. The van der Waals surface area contributed by atoms with Crippen molar-refractivity contribution in [1.29, 1.82) is 0 Å². The van der Waals surface area contributed by atoms with Crippen molar-refractivity contribution in [3.8, 4) is 5.75 Å². The van der Waals surface area contributed by atoms with Crippen LogP contribution in [-0.4, -0.2) is 55.2 Å². The van der Waals surface area contributed by atoms with E-state index in [9.17, 15) is 10.2 Å². The lowest BCUT2D eigenvalue weighted by molar-refractivity contribution is 0.0306. The molecule has 2 unspecified atom stereocenters. The number of rotatable bonds is 13. The van der Waals surface area contributed by atoms with Crippen molar-refractivity contribution in [2.24, 2.45) is 0 Å². The number of allylic oxidation sites excluding steroid dienone is 5. The highest BCUT2D eigenvalue weighted by Gasteiger charge is 2.24. The van der Waals surface area contributed by atoms with Crippen LogP contribution in [0.5, 0.6) is 5.75 Å². The summed E-state index contributed by atoms with van der Waals surface area (Å²) in [7, 11) is 1.92. The van der Waals surface area contributed by atoms with Crippen LogP contribution in [0.4, 0.5) is 0 Å². The zero-order chi connectivity index (χ0) is 21.9. The summed E-state index contributed by atoms with van der Waals surface area (Å²) in [5, 5.41) is 27.9. The minimum Gasteiger partial charge on any atom is -0.495 e. The highest BCUT2D eigenvalue weighted by atomic mass is 16.5. The van der Waals surface area contributed by atoms with E-state index in [2.05, 4.69) is 20.4 Å². The molecular formula is C23H35BO5. The van der Waals surface area contributed by atoms with Crippen molar-refractivity contribution < 1.29 is 24.8 Å². The summed E-state index contributed by atoms with van der Waals surface area (Å²) in [4.78, 5) is 0. The van der Waals surface area contributed by atoms with E-state index in [-0.39, 0.29) is 25.2 Å². The number of aliphatic hydroxyl groups is 3. The van der Waals surface area contributed by atoms with Gasteiger partial charge in [-0.25, -0.2) is 0 Å². The second-order valence-electron chi connectivity index (χ2n) is 7.63. The van der Waals surface area contributed by atoms with Gasteiger partial charge in [0.2, 0.25) is 0 Å². The van der Waals surface area contributed by atoms with E-state index in [4.69, 9.17) is 14.6 Å². The maximum Gasteiger partial charge on any atom is 0.119 e. The van der Waals surface area contributed by atoms with Crippen LogP contribution in [-0.2, 0) is 10.2 Å². The first-order chi connectivity index (χ1) is 13.7. The van der Waals surface area contributed by atoms with Crippen molar-refractivity contribution in [1.82, 2.24) is 0 Å². The highest BCUT2D eigenvalue weighted by molar-refractivity contribution is 6.08. The molecule has 0 aliphatic rings. The molecule has 0 amide bonds. The molecule has 2 atom stereocenters. The fourth-order valence-corrected chi connectivity index (χ4v) is 2.70. The van der Waals surface area contributed by atoms with Crippen LogP contribution in [0, 0.1) is 0 Å². The first-order valence-corrected chi connectivity index (χ1v) is 10.1. The molecule has 5 nitrogen and oxygen atoms in total. The van der Waals surface area contributed by atoms with E-state index in [1.165, 1.54) is 0 Å². The Balaban J connectivity index is 2.94. The van der Waals surface area contributed by atoms with E-state index in [1.807, 2.05) is 57.3 Å². The van der Waals surface area contributed by atoms with Crippen molar-refractivity contribution in [2.45, 2.75) is 51.1 Å². The number of hydrogen-bond acceptors (Lipinski definition) is 5. The summed E-state index contributed by atoms with van der Waals surface area (Å²) in [6, 6.07) is 7.92. The van der Waals surface area contributed by atoms with Crippen LogP contribution in [0.25, 0.3) is 0 Å². The van der Waals surface area contributed by atoms with Gasteiger partial charge < -0.3 is 24.8 Å². The van der Waals surface area contributed by atoms with Crippen LogP contribution >= 0.6 is 0 Å². The van der Waals surface area contributed by atoms with E-state index < -0.39 is 12.2 Å². The monoisotopic (exact) mass is 402 g/mol. The number of hydrogen-bond donors (Lipinski definition) is 3. The van der Waals surface area contributed by atoms with Crippen LogP contribution in [0.3, 0.4) is 0 Å². The quantitative estimate of drug-likeness (QED) is 0.205. The lowest BCUT2D eigenvalue weighted by Crippen LogP contribution is -2.20. The van der Waals surface area contributed by atoms with Gasteiger partial charge in [-0.05, 0) is 37.1 Å². The SMILES string of the molecule is BCC(O)COc1ccc(C(C)(C)/C(=C/C=C(\C)OCC(O)CO)CC=C)cc1. The van der Waals surface area contributed by atoms with Gasteiger partial charge in [-0.1, -0.05) is 50.0 Å². The Kier molecular flexibility index (Phi) is 10.8. The van der Waals surface area contributed by atoms with Gasteiger partial charge in [-0.15, -0.1) is 6.58 Å². The van der Waals surface area contributed by atoms with Gasteiger partial charge in [-0.2, -0.15) is 0 Å². The van der Waals surface area contributed by atoms with Crippen LogP contribution in [0.15, 0.2) is 60.4 Å². The predicted molar refractivity (Wildman–Crippen MR) is 120 cm³/mol. The van der Waals surface area contributed by atoms with Crippen LogP contribution in [0.2, 0.25) is 6.32 Å². The average molecular weight is 402 g/mol. The summed E-state index contributed by atoms with van der Waals surface area (Å²) in [5.74, 6) is 1.39. The molecule has 6 heteroatoms. The van der Waals surface area contributed by atoms with E-state index >= 15 is 0 Å². The summed E-state index contributed by atoms with van der Waals surface area (Å²) in [6.45, 7) is 10.0. The zero-order valence-electron chi connectivity index (χ0n) is 18.1. The summed E-state index contributed by atoms with van der Waals surface area (Å²) in [6.07, 6.45) is 5.80. The lowest BCUT2D eigenvalue weighted by Gasteiger charge is -2.29. The van der Waals surface area contributed by atoms with Crippen molar-refractivity contribution in [3.05, 3.63) is 66.0 Å². The fraction of sp³-hybridized carbons (Fsp3) is 0.478. The fourth-order valence-electron chi connectivity index (χ4n) is 2.70. The second kappa shape index (κ2) is 12.5. The van der Waals surface area contributed by atoms with Gasteiger partial charge >= 0.3 is 0 Å². The minimum atomic E-state index is -0.884. The van der Waals surface area contributed by atoms with Crippen LogP contribution in [0.1, 0.15) is 32.8 Å². The first-order valence-electron chi connectivity index (χ1n) is 10.1. The van der Waals surface area contributed by atoms with Crippen molar-refractivity contribution in [3.63, 3.8) is 0 Å². The van der Waals surface area contributed by atoms with Gasteiger partial charge in [0.25, 0.3) is 0 Å². The Labute approximate surface area is 175 Å². The molecule has 0 saturated carbocycles. The van der Waals surface area contributed by atoms with Gasteiger partial charge in [0.1, 0.15) is 32.9 Å². The summed E-state index contributed by atoms with van der Waals surface area (Å²) >= 11 is 0. The van der Waals surface area contributed by atoms with E-state index in [0.29, 0.717) is 12.1 Å².